The van der Waals surface area contributed by atoms with Crippen LogP contribution in [-0.4, -0.2) is 31.9 Å². The van der Waals surface area contributed by atoms with Crippen molar-refractivity contribution in [1.29, 1.82) is 0 Å². The van der Waals surface area contributed by atoms with Crippen LogP contribution in [0.4, 0.5) is 0 Å². The molecule has 21 heavy (non-hydrogen) atoms. The van der Waals surface area contributed by atoms with Gasteiger partial charge in [-0.05, 0) is 44.4 Å². The van der Waals surface area contributed by atoms with E-state index in [1.54, 1.807) is 7.11 Å². The molecule has 2 rings (SSSR count). The molecule has 0 radical (unpaired) electrons. The maximum Gasteiger partial charge on any atom is 0.122 e. The first kappa shape index (κ1) is 16.3. The third kappa shape index (κ3) is 3.58. The number of likely N-dealkylation sites (N-methyl/N-ethyl adjacent to an activating group) is 1. The lowest BCUT2D eigenvalue weighted by atomic mass is 9.81. The van der Waals surface area contributed by atoms with Gasteiger partial charge < -0.3 is 14.8 Å². The van der Waals surface area contributed by atoms with Crippen molar-refractivity contribution in [3.8, 4) is 5.75 Å². The van der Waals surface area contributed by atoms with E-state index in [-0.39, 0.29) is 0 Å². The lowest BCUT2D eigenvalue weighted by Crippen LogP contribution is -2.43. The zero-order chi connectivity index (χ0) is 15.4. The van der Waals surface area contributed by atoms with E-state index in [9.17, 15) is 0 Å². The third-order valence-electron chi connectivity index (χ3n) is 4.88. The molecule has 118 valence electrons. The summed E-state index contributed by atoms with van der Waals surface area (Å²) in [6.45, 7) is 9.85. The number of nitrogens with one attached hydrogen (secondary N) is 1. The van der Waals surface area contributed by atoms with Gasteiger partial charge in [0.25, 0.3) is 0 Å². The number of benzene rings is 1. The van der Waals surface area contributed by atoms with Crippen LogP contribution in [0, 0.1) is 11.8 Å². The average molecular weight is 291 g/mol. The molecule has 0 aliphatic carbocycles. The highest BCUT2D eigenvalue weighted by Crippen LogP contribution is 2.36. The summed E-state index contributed by atoms with van der Waals surface area (Å²) >= 11 is 0. The molecule has 0 bridgehead atoms. The second kappa shape index (κ2) is 7.28. The van der Waals surface area contributed by atoms with Gasteiger partial charge in [0.2, 0.25) is 0 Å². The molecule has 3 heteroatoms. The van der Waals surface area contributed by atoms with Crippen LogP contribution in [0.3, 0.4) is 0 Å². The highest BCUT2D eigenvalue weighted by molar-refractivity contribution is 5.34. The quantitative estimate of drug-likeness (QED) is 0.872. The number of hydrogen-bond donors (Lipinski definition) is 1. The van der Waals surface area contributed by atoms with Crippen molar-refractivity contribution in [2.45, 2.75) is 52.4 Å². The average Bonchev–Trinajstić information content (AvgIpc) is 2.72. The highest BCUT2D eigenvalue weighted by atomic mass is 16.5. The lowest BCUT2D eigenvalue weighted by Gasteiger charge is -2.30. The zero-order valence-corrected chi connectivity index (χ0v) is 13.9. The molecule has 1 saturated heterocycles. The molecule has 1 N–H and O–H groups in total. The molecule has 0 amide bonds. The molecular formula is C18H29NO2. The summed E-state index contributed by atoms with van der Waals surface area (Å²) in [5, 5.41) is 3.67. The zero-order valence-electron chi connectivity index (χ0n) is 13.9. The summed E-state index contributed by atoms with van der Waals surface area (Å²) in [6, 6.07) is 8.73. The standard InChI is InChI=1S/C18H29NO2/c1-6-19-16(18-12(2)13(3)21-14(18)4)11-15-9-7-8-10-17(15)20-5/h7-10,12-14,16,18-19H,6,11H2,1-5H3. The van der Waals surface area contributed by atoms with Crippen molar-refractivity contribution < 1.29 is 9.47 Å². The van der Waals surface area contributed by atoms with E-state index in [4.69, 9.17) is 9.47 Å². The molecule has 5 atom stereocenters. The van der Waals surface area contributed by atoms with Crippen LogP contribution in [0.15, 0.2) is 24.3 Å². The molecule has 0 aromatic heterocycles. The Bertz CT molecular complexity index is 449. The Morgan fingerprint density at radius 1 is 1.19 bits per heavy atom. The van der Waals surface area contributed by atoms with Crippen molar-refractivity contribution in [3.63, 3.8) is 0 Å². The van der Waals surface area contributed by atoms with Gasteiger partial charge in [0.1, 0.15) is 5.75 Å². The second-order valence-electron chi connectivity index (χ2n) is 6.16. The molecule has 1 aromatic rings. The Morgan fingerprint density at radius 2 is 1.90 bits per heavy atom. The SMILES string of the molecule is CCNC(Cc1ccccc1OC)C1C(C)OC(C)C1C. The first-order valence-corrected chi connectivity index (χ1v) is 8.09. The molecule has 0 spiro atoms. The molecule has 3 nitrogen and oxygen atoms in total. The highest BCUT2D eigenvalue weighted by Gasteiger charge is 2.41. The van der Waals surface area contributed by atoms with E-state index in [1.165, 1.54) is 5.56 Å². The van der Waals surface area contributed by atoms with E-state index in [2.05, 4.69) is 45.1 Å². The molecule has 1 heterocycles. The van der Waals surface area contributed by atoms with Gasteiger partial charge in [-0.15, -0.1) is 0 Å². The van der Waals surface area contributed by atoms with E-state index in [0.717, 1.165) is 18.7 Å². The molecular weight excluding hydrogens is 262 g/mol. The number of hydrogen-bond acceptors (Lipinski definition) is 3. The van der Waals surface area contributed by atoms with Gasteiger partial charge in [-0.1, -0.05) is 32.0 Å². The van der Waals surface area contributed by atoms with Gasteiger partial charge in [0.15, 0.2) is 0 Å². The van der Waals surface area contributed by atoms with Gasteiger partial charge in [-0.3, -0.25) is 0 Å². The van der Waals surface area contributed by atoms with Crippen molar-refractivity contribution in [1.82, 2.24) is 5.32 Å². The second-order valence-corrected chi connectivity index (χ2v) is 6.16. The number of ether oxygens (including phenoxy) is 2. The fourth-order valence-electron chi connectivity index (χ4n) is 3.70. The fraction of sp³-hybridized carbons (Fsp3) is 0.667. The minimum atomic E-state index is 0.300. The summed E-state index contributed by atoms with van der Waals surface area (Å²) in [6.07, 6.45) is 1.62. The first-order chi connectivity index (χ1) is 10.1. The Hall–Kier alpha value is -1.06. The molecule has 0 saturated carbocycles. The molecule has 1 aliphatic rings. The van der Waals surface area contributed by atoms with Crippen LogP contribution < -0.4 is 10.1 Å². The third-order valence-corrected chi connectivity index (χ3v) is 4.88. The molecule has 5 unspecified atom stereocenters. The fourth-order valence-corrected chi connectivity index (χ4v) is 3.70. The minimum Gasteiger partial charge on any atom is -0.496 e. The summed E-state index contributed by atoms with van der Waals surface area (Å²) in [5.41, 5.74) is 1.27. The predicted octanol–water partition coefficient (Wildman–Crippen LogP) is 3.28. The van der Waals surface area contributed by atoms with Crippen LogP contribution >= 0.6 is 0 Å². The predicted molar refractivity (Wildman–Crippen MR) is 86.8 cm³/mol. The van der Waals surface area contributed by atoms with Crippen molar-refractivity contribution >= 4 is 0 Å². The summed E-state index contributed by atoms with van der Waals surface area (Å²) in [4.78, 5) is 0. The van der Waals surface area contributed by atoms with Gasteiger partial charge >= 0.3 is 0 Å². The van der Waals surface area contributed by atoms with Crippen molar-refractivity contribution in [2.75, 3.05) is 13.7 Å². The lowest BCUT2D eigenvalue weighted by molar-refractivity contribution is 0.0476. The van der Waals surface area contributed by atoms with Gasteiger partial charge in [0, 0.05) is 12.0 Å². The van der Waals surface area contributed by atoms with Gasteiger partial charge in [0.05, 0.1) is 19.3 Å². The molecule has 1 aromatic carbocycles. The number of rotatable bonds is 6. The largest absolute Gasteiger partial charge is 0.496 e. The smallest absolute Gasteiger partial charge is 0.122 e. The van der Waals surface area contributed by atoms with E-state index >= 15 is 0 Å². The first-order valence-electron chi connectivity index (χ1n) is 8.09. The Labute approximate surface area is 129 Å². The van der Waals surface area contributed by atoms with Crippen molar-refractivity contribution in [3.05, 3.63) is 29.8 Å². The monoisotopic (exact) mass is 291 g/mol. The van der Waals surface area contributed by atoms with E-state index in [0.29, 0.717) is 30.1 Å². The summed E-state index contributed by atoms with van der Waals surface area (Å²) in [7, 11) is 1.74. The topological polar surface area (TPSA) is 30.5 Å². The van der Waals surface area contributed by atoms with Crippen LogP contribution in [0.2, 0.25) is 0 Å². The maximum atomic E-state index is 6.04. The Morgan fingerprint density at radius 3 is 2.48 bits per heavy atom. The molecule has 1 aliphatic heterocycles. The maximum absolute atomic E-state index is 6.04. The normalized spacial score (nSPS) is 30.3. The Kier molecular flexibility index (Phi) is 5.65. The van der Waals surface area contributed by atoms with Crippen molar-refractivity contribution in [2.24, 2.45) is 11.8 Å². The van der Waals surface area contributed by atoms with Gasteiger partial charge in [-0.25, -0.2) is 0 Å². The minimum absolute atomic E-state index is 0.300. The number of para-hydroxylation sites is 1. The number of methoxy groups -OCH3 is 1. The molecule has 1 fully saturated rings. The summed E-state index contributed by atoms with van der Waals surface area (Å²) in [5.74, 6) is 2.08. The van der Waals surface area contributed by atoms with Gasteiger partial charge in [-0.2, -0.15) is 0 Å². The Balaban J connectivity index is 2.19. The van der Waals surface area contributed by atoms with Crippen LogP contribution in [0.5, 0.6) is 5.75 Å². The van der Waals surface area contributed by atoms with E-state index < -0.39 is 0 Å². The summed E-state index contributed by atoms with van der Waals surface area (Å²) < 4.78 is 11.5. The van der Waals surface area contributed by atoms with Crippen LogP contribution in [0.25, 0.3) is 0 Å². The van der Waals surface area contributed by atoms with Crippen LogP contribution in [0.1, 0.15) is 33.3 Å². The van der Waals surface area contributed by atoms with E-state index in [1.807, 2.05) is 12.1 Å². The van der Waals surface area contributed by atoms with Crippen LogP contribution in [-0.2, 0) is 11.2 Å².